The monoisotopic (exact) mass is 399 g/mol. The molecule has 3 rings (SSSR count). The van der Waals surface area contributed by atoms with Crippen molar-refractivity contribution in [3.63, 3.8) is 0 Å². The van der Waals surface area contributed by atoms with Gasteiger partial charge in [0.15, 0.2) is 0 Å². The Kier molecular flexibility index (Phi) is 4.68. The number of nitrogens with zero attached hydrogens (tertiary/aromatic N) is 1. The van der Waals surface area contributed by atoms with Gasteiger partial charge in [-0.15, -0.1) is 0 Å². The van der Waals surface area contributed by atoms with E-state index in [2.05, 4.69) is 4.18 Å². The summed E-state index contributed by atoms with van der Waals surface area (Å²) in [6.45, 7) is 0.0768. The van der Waals surface area contributed by atoms with Crippen LogP contribution in [0.3, 0.4) is 0 Å². The van der Waals surface area contributed by atoms with E-state index in [1.807, 2.05) is 0 Å². The van der Waals surface area contributed by atoms with Crippen molar-refractivity contribution in [3.8, 4) is 5.75 Å². The van der Waals surface area contributed by atoms with Crippen molar-refractivity contribution in [2.45, 2.75) is 11.9 Å². The lowest BCUT2D eigenvalue weighted by Gasteiger charge is -2.14. The summed E-state index contributed by atoms with van der Waals surface area (Å²) in [5, 5.41) is 0. The van der Waals surface area contributed by atoms with Gasteiger partial charge in [0.05, 0.1) is 11.1 Å². The number of carbonyl (C=O) groups excluding carboxylic acids is 2. The first kappa shape index (κ1) is 18.9. The molecule has 0 saturated heterocycles. The van der Waals surface area contributed by atoms with E-state index in [4.69, 9.17) is 0 Å². The number of amides is 2. The molecular weight excluding hydrogens is 387 g/mol. The zero-order valence-electron chi connectivity index (χ0n) is 13.6. The number of hydrogen-bond donors (Lipinski definition) is 0. The minimum absolute atomic E-state index is 0.0768. The highest BCUT2D eigenvalue weighted by atomic mass is 32.2. The van der Waals surface area contributed by atoms with Gasteiger partial charge in [-0.25, -0.2) is 0 Å². The molecule has 10 heteroatoms. The first-order valence-electron chi connectivity index (χ1n) is 7.65. The van der Waals surface area contributed by atoms with Crippen LogP contribution in [-0.2, 0) is 16.5 Å². The largest absolute Gasteiger partial charge is 0.534 e. The lowest BCUT2D eigenvalue weighted by molar-refractivity contribution is -0.0500. The van der Waals surface area contributed by atoms with Crippen molar-refractivity contribution in [1.82, 2.24) is 4.90 Å². The molecule has 0 saturated carbocycles. The first-order chi connectivity index (χ1) is 12.6. The van der Waals surface area contributed by atoms with E-state index in [9.17, 15) is 31.2 Å². The number of carbonyl (C=O) groups is 2. The lowest BCUT2D eigenvalue weighted by Crippen LogP contribution is -2.31. The van der Waals surface area contributed by atoms with Crippen LogP contribution in [0.2, 0.25) is 0 Å². The van der Waals surface area contributed by atoms with Crippen LogP contribution in [0.5, 0.6) is 5.75 Å². The lowest BCUT2D eigenvalue weighted by atomic mass is 10.1. The van der Waals surface area contributed by atoms with E-state index in [0.717, 1.165) is 17.0 Å². The summed E-state index contributed by atoms with van der Waals surface area (Å²) in [6, 6.07) is 11.3. The number of fused-ring (bicyclic) bond motifs is 1. The summed E-state index contributed by atoms with van der Waals surface area (Å²) in [6.07, 6.45) is 0.248. The van der Waals surface area contributed by atoms with Crippen molar-refractivity contribution < 1.29 is 35.4 Å². The molecule has 0 fully saturated rings. The Bertz CT molecular complexity index is 965. The van der Waals surface area contributed by atoms with Crippen molar-refractivity contribution in [3.05, 3.63) is 65.2 Å². The highest BCUT2D eigenvalue weighted by molar-refractivity contribution is 7.88. The number of benzene rings is 2. The quantitative estimate of drug-likeness (QED) is 0.439. The Morgan fingerprint density at radius 3 is 1.89 bits per heavy atom. The number of hydrogen-bond acceptors (Lipinski definition) is 5. The number of rotatable bonds is 5. The molecule has 2 aromatic carbocycles. The molecule has 0 N–H and O–H groups in total. The van der Waals surface area contributed by atoms with E-state index in [-0.39, 0.29) is 13.0 Å². The average Bonchev–Trinajstić information content (AvgIpc) is 2.84. The zero-order chi connectivity index (χ0) is 19.8. The van der Waals surface area contributed by atoms with E-state index in [1.165, 1.54) is 12.1 Å². The maximum Gasteiger partial charge on any atom is 0.534 e. The fourth-order valence-electron chi connectivity index (χ4n) is 2.57. The molecule has 0 atom stereocenters. The summed E-state index contributed by atoms with van der Waals surface area (Å²) in [7, 11) is -5.73. The van der Waals surface area contributed by atoms with E-state index < -0.39 is 33.2 Å². The van der Waals surface area contributed by atoms with Gasteiger partial charge in [0.1, 0.15) is 5.75 Å². The van der Waals surface area contributed by atoms with Crippen LogP contribution >= 0.6 is 0 Å². The molecule has 2 aromatic rings. The van der Waals surface area contributed by atoms with Crippen LogP contribution in [0.15, 0.2) is 48.5 Å². The Balaban J connectivity index is 1.65. The molecule has 6 nitrogen and oxygen atoms in total. The molecule has 1 aliphatic heterocycles. The van der Waals surface area contributed by atoms with Gasteiger partial charge in [0.2, 0.25) is 0 Å². The van der Waals surface area contributed by atoms with Gasteiger partial charge in [-0.2, -0.15) is 21.6 Å². The van der Waals surface area contributed by atoms with E-state index in [1.54, 1.807) is 24.3 Å². The molecule has 0 unspecified atom stereocenters. The van der Waals surface area contributed by atoms with Gasteiger partial charge >= 0.3 is 15.6 Å². The smallest absolute Gasteiger partial charge is 0.376 e. The van der Waals surface area contributed by atoms with E-state index in [0.29, 0.717) is 16.7 Å². The maximum absolute atomic E-state index is 12.3. The number of imide groups is 1. The van der Waals surface area contributed by atoms with Gasteiger partial charge in [-0.05, 0) is 36.2 Å². The topological polar surface area (TPSA) is 80.8 Å². The normalized spacial score (nSPS) is 14.4. The number of alkyl halides is 3. The van der Waals surface area contributed by atoms with Crippen LogP contribution < -0.4 is 4.18 Å². The summed E-state index contributed by atoms with van der Waals surface area (Å²) in [5.74, 6) is -1.31. The van der Waals surface area contributed by atoms with Gasteiger partial charge in [0.25, 0.3) is 11.8 Å². The summed E-state index contributed by atoms with van der Waals surface area (Å²) in [5.41, 5.74) is -4.28. The SMILES string of the molecule is O=C1c2ccccc2C(=O)N1CCc1ccc(OS(=O)(=O)C(F)(F)F)cc1. The Hall–Kier alpha value is -2.88. The fourth-order valence-corrected chi connectivity index (χ4v) is 3.03. The highest BCUT2D eigenvalue weighted by Gasteiger charge is 2.48. The summed E-state index contributed by atoms with van der Waals surface area (Å²) in [4.78, 5) is 25.6. The maximum atomic E-state index is 12.3. The molecule has 1 heterocycles. The zero-order valence-corrected chi connectivity index (χ0v) is 14.4. The van der Waals surface area contributed by atoms with Crippen LogP contribution in [0.4, 0.5) is 13.2 Å². The van der Waals surface area contributed by atoms with Gasteiger partial charge < -0.3 is 4.18 Å². The fraction of sp³-hybridized carbons (Fsp3) is 0.176. The Labute approximate surface area is 152 Å². The summed E-state index contributed by atoms with van der Waals surface area (Å²) >= 11 is 0. The Morgan fingerprint density at radius 2 is 1.41 bits per heavy atom. The molecule has 2 amide bonds. The van der Waals surface area contributed by atoms with Crippen LogP contribution in [0.25, 0.3) is 0 Å². The van der Waals surface area contributed by atoms with Crippen molar-refractivity contribution in [2.75, 3.05) is 6.54 Å². The van der Waals surface area contributed by atoms with Crippen molar-refractivity contribution in [1.29, 1.82) is 0 Å². The number of halogens is 3. The highest BCUT2D eigenvalue weighted by Crippen LogP contribution is 2.27. The third kappa shape index (κ3) is 3.65. The molecular formula is C17H12F3NO5S. The average molecular weight is 399 g/mol. The second-order valence-corrected chi connectivity index (χ2v) is 7.22. The predicted octanol–water partition coefficient (Wildman–Crippen LogP) is 2.75. The van der Waals surface area contributed by atoms with Crippen LogP contribution in [-0.4, -0.2) is 37.2 Å². The van der Waals surface area contributed by atoms with Gasteiger partial charge in [0, 0.05) is 6.54 Å². The molecule has 142 valence electrons. The van der Waals surface area contributed by atoms with Crippen molar-refractivity contribution in [2.24, 2.45) is 0 Å². The second-order valence-electron chi connectivity index (χ2n) is 5.68. The van der Waals surface area contributed by atoms with E-state index >= 15 is 0 Å². The Morgan fingerprint density at radius 1 is 0.889 bits per heavy atom. The molecule has 0 spiro atoms. The molecule has 0 aromatic heterocycles. The molecule has 27 heavy (non-hydrogen) atoms. The minimum Gasteiger partial charge on any atom is -0.376 e. The molecule has 0 bridgehead atoms. The predicted molar refractivity (Wildman–Crippen MR) is 87.6 cm³/mol. The van der Waals surface area contributed by atoms with Gasteiger partial charge in [-0.3, -0.25) is 14.5 Å². The third-order valence-corrected chi connectivity index (χ3v) is 4.89. The summed E-state index contributed by atoms with van der Waals surface area (Å²) < 4.78 is 62.8. The third-order valence-electron chi connectivity index (χ3n) is 3.92. The van der Waals surface area contributed by atoms with Crippen LogP contribution in [0, 0.1) is 0 Å². The minimum atomic E-state index is -5.73. The van der Waals surface area contributed by atoms with Crippen LogP contribution in [0.1, 0.15) is 26.3 Å². The molecule has 0 radical (unpaired) electrons. The molecule has 0 aliphatic carbocycles. The van der Waals surface area contributed by atoms with Gasteiger partial charge in [-0.1, -0.05) is 24.3 Å². The second kappa shape index (κ2) is 6.69. The molecule has 1 aliphatic rings. The van der Waals surface area contributed by atoms with Crippen molar-refractivity contribution >= 4 is 21.9 Å². The standard InChI is InChI=1S/C17H12F3NO5S/c18-17(19,20)27(24,25)26-12-7-5-11(6-8-12)9-10-21-15(22)13-3-1-2-4-14(13)16(21)23/h1-8H,9-10H2. The first-order valence-corrected chi connectivity index (χ1v) is 9.06.